The maximum atomic E-state index is 5.47. The van der Waals surface area contributed by atoms with Gasteiger partial charge in [0.15, 0.2) is 0 Å². The lowest BCUT2D eigenvalue weighted by molar-refractivity contribution is 0.551. The summed E-state index contributed by atoms with van der Waals surface area (Å²) in [5.74, 6) is 0. The van der Waals surface area contributed by atoms with Crippen molar-refractivity contribution in [3.63, 3.8) is 0 Å². The highest BCUT2D eigenvalue weighted by molar-refractivity contribution is 4.81. The molecule has 0 aromatic heterocycles. The summed E-state index contributed by atoms with van der Waals surface area (Å²) in [5.41, 5.74) is 5.47. The second-order valence-electron chi connectivity index (χ2n) is 10.0. The molecule has 3 N–H and O–H groups in total. The number of nitrogens with one attached hydrogen (secondary N) is 1. The van der Waals surface area contributed by atoms with Gasteiger partial charge in [0, 0.05) is 0 Å². The Morgan fingerprint density at radius 3 is 1.15 bits per heavy atom. The summed E-state index contributed by atoms with van der Waals surface area (Å²) in [6.07, 6.45) is 38.2. The zero-order valence-electron chi connectivity index (χ0n) is 23.6. The summed E-state index contributed by atoms with van der Waals surface area (Å²) < 4.78 is 0. The number of allylic oxidation sites excluding steroid dienone is 2. The second kappa shape index (κ2) is 36.2. The van der Waals surface area contributed by atoms with Gasteiger partial charge in [0.25, 0.3) is 0 Å². The molecule has 0 amide bonds. The second-order valence-corrected chi connectivity index (χ2v) is 10.0. The smallest absolute Gasteiger partial charge is 0.00519 e. The van der Waals surface area contributed by atoms with Gasteiger partial charge in [0.05, 0.1) is 0 Å². The molecule has 0 spiro atoms. The van der Waals surface area contributed by atoms with E-state index in [1.54, 1.807) is 0 Å². The van der Waals surface area contributed by atoms with E-state index in [0.29, 0.717) is 0 Å². The lowest BCUT2D eigenvalue weighted by Gasteiger charge is -2.01. The van der Waals surface area contributed by atoms with E-state index in [0.717, 1.165) is 6.54 Å². The topological polar surface area (TPSA) is 38.0 Å². The molecule has 2 heteroatoms. The Balaban J connectivity index is 0. The Morgan fingerprint density at radius 1 is 0.455 bits per heavy atom. The molecule has 0 saturated heterocycles. The lowest BCUT2D eigenvalue weighted by atomic mass is 10.1. The number of unbranched alkanes of at least 4 members (excludes halogenated alkanes) is 21. The molecule has 2 nitrogen and oxygen atoms in total. The quantitative estimate of drug-likeness (QED) is 0.0982. The number of rotatable bonds is 26. The maximum Gasteiger partial charge on any atom is -0.00519 e. The minimum atomic E-state index is 0.862. The van der Waals surface area contributed by atoms with Crippen molar-refractivity contribution in [1.29, 1.82) is 0 Å². The van der Waals surface area contributed by atoms with Crippen LogP contribution in [0.1, 0.15) is 168 Å². The summed E-state index contributed by atoms with van der Waals surface area (Å²) in [6, 6.07) is 0. The third kappa shape index (κ3) is 39.2. The molecule has 200 valence electrons. The van der Waals surface area contributed by atoms with Crippen LogP contribution in [0.5, 0.6) is 0 Å². The van der Waals surface area contributed by atoms with Crippen molar-refractivity contribution in [2.45, 2.75) is 168 Å². The normalized spacial score (nSPS) is 11.2. The highest BCUT2D eigenvalue weighted by atomic mass is 14.8. The lowest BCUT2D eigenvalue weighted by Crippen LogP contribution is -2.06. The molecule has 0 fully saturated rings. The summed E-state index contributed by atoms with van der Waals surface area (Å²) in [4.78, 5) is 0. The zero-order chi connectivity index (χ0) is 24.5. The highest BCUT2D eigenvalue weighted by Crippen LogP contribution is 2.11. The van der Waals surface area contributed by atoms with Crippen LogP contribution in [0.15, 0.2) is 12.2 Å². The van der Waals surface area contributed by atoms with E-state index in [4.69, 9.17) is 5.73 Å². The molecule has 0 aromatic rings. The van der Waals surface area contributed by atoms with Crippen LogP contribution in [-0.2, 0) is 0 Å². The van der Waals surface area contributed by atoms with Crippen LogP contribution in [0.4, 0.5) is 0 Å². The van der Waals surface area contributed by atoms with Gasteiger partial charge >= 0.3 is 0 Å². The third-order valence-corrected chi connectivity index (χ3v) is 6.50. The molecular formula is C31H66N2. The van der Waals surface area contributed by atoms with Crippen LogP contribution >= 0.6 is 0 Å². The van der Waals surface area contributed by atoms with E-state index in [1.165, 1.54) is 161 Å². The van der Waals surface area contributed by atoms with Crippen LogP contribution < -0.4 is 11.1 Å². The Hall–Kier alpha value is -0.340. The summed E-state index contributed by atoms with van der Waals surface area (Å²) in [5, 5.41) is 3.19. The first-order chi connectivity index (χ1) is 16.3. The average Bonchev–Trinajstić information content (AvgIpc) is 2.83. The molecular weight excluding hydrogens is 400 g/mol. The van der Waals surface area contributed by atoms with Crippen LogP contribution in [0.3, 0.4) is 0 Å². The Bertz CT molecular complexity index is 315. The highest BCUT2D eigenvalue weighted by Gasteiger charge is 1.92. The van der Waals surface area contributed by atoms with E-state index in [1.807, 2.05) is 7.05 Å². The molecule has 0 rings (SSSR count). The minimum Gasteiger partial charge on any atom is -0.330 e. The minimum absolute atomic E-state index is 0.862. The van der Waals surface area contributed by atoms with Crippen molar-refractivity contribution in [1.82, 2.24) is 5.32 Å². The first kappa shape index (κ1) is 34.8. The van der Waals surface area contributed by atoms with Crippen molar-refractivity contribution < 1.29 is 0 Å². The van der Waals surface area contributed by atoms with Gasteiger partial charge in [-0.2, -0.15) is 0 Å². The van der Waals surface area contributed by atoms with Crippen molar-refractivity contribution >= 4 is 0 Å². The predicted molar refractivity (Wildman–Crippen MR) is 154 cm³/mol. The zero-order valence-corrected chi connectivity index (χ0v) is 23.6. The van der Waals surface area contributed by atoms with Gasteiger partial charge in [0.1, 0.15) is 0 Å². The van der Waals surface area contributed by atoms with Gasteiger partial charge < -0.3 is 11.1 Å². The molecule has 33 heavy (non-hydrogen) atoms. The first-order valence-corrected chi connectivity index (χ1v) is 15.3. The maximum absolute atomic E-state index is 5.47. The number of nitrogens with two attached hydrogens (primary N) is 1. The molecule has 0 aromatic carbocycles. The fourth-order valence-electron chi connectivity index (χ4n) is 4.18. The molecule has 0 heterocycles. The molecule has 0 atom stereocenters. The summed E-state index contributed by atoms with van der Waals surface area (Å²) in [7, 11) is 2.04. The van der Waals surface area contributed by atoms with Crippen LogP contribution in [0.2, 0.25) is 0 Å². The van der Waals surface area contributed by atoms with E-state index >= 15 is 0 Å². The molecule has 0 saturated carbocycles. The standard InChI is InChI=1S/C18H37N.C13H29N/c1-2-3-4-5-6-7-8-9-10-11-12-13-14-15-16-17-18-19;1-3-4-5-6-7-8-9-10-11-12-13-14-2/h9-10H,2-8,11-19H2,1H3;14H,3-13H2,1-2H3/b10-9-;. The first-order valence-electron chi connectivity index (χ1n) is 15.3. The van der Waals surface area contributed by atoms with Crippen molar-refractivity contribution in [3.8, 4) is 0 Å². The largest absolute Gasteiger partial charge is 0.330 e. The third-order valence-electron chi connectivity index (χ3n) is 6.50. The average molecular weight is 467 g/mol. The molecule has 0 radical (unpaired) electrons. The SMILES string of the molecule is CCCCCCCC/C=C\CCCCCCCCN.CCCCCCCCCCCCNC. The van der Waals surface area contributed by atoms with Gasteiger partial charge in [-0.1, -0.05) is 142 Å². The van der Waals surface area contributed by atoms with Gasteiger partial charge in [0.2, 0.25) is 0 Å². The van der Waals surface area contributed by atoms with Crippen LogP contribution in [-0.4, -0.2) is 20.1 Å². The Labute approximate surface area is 211 Å². The van der Waals surface area contributed by atoms with E-state index < -0.39 is 0 Å². The molecule has 0 unspecified atom stereocenters. The van der Waals surface area contributed by atoms with Gasteiger partial charge in [-0.15, -0.1) is 0 Å². The number of hydrogen-bond acceptors (Lipinski definition) is 2. The fraction of sp³-hybridized carbons (Fsp3) is 0.935. The Morgan fingerprint density at radius 2 is 0.788 bits per heavy atom. The van der Waals surface area contributed by atoms with Crippen LogP contribution in [0, 0.1) is 0 Å². The molecule has 0 aliphatic heterocycles. The van der Waals surface area contributed by atoms with E-state index in [-0.39, 0.29) is 0 Å². The van der Waals surface area contributed by atoms with Gasteiger partial charge in [-0.3, -0.25) is 0 Å². The van der Waals surface area contributed by atoms with Crippen molar-refractivity contribution in [3.05, 3.63) is 12.2 Å². The Kier molecular flexibility index (Phi) is 38.2. The monoisotopic (exact) mass is 467 g/mol. The van der Waals surface area contributed by atoms with Crippen molar-refractivity contribution in [2.24, 2.45) is 5.73 Å². The molecule has 0 aliphatic carbocycles. The molecule has 0 bridgehead atoms. The summed E-state index contributed by atoms with van der Waals surface area (Å²) >= 11 is 0. The van der Waals surface area contributed by atoms with Gasteiger partial charge in [-0.25, -0.2) is 0 Å². The van der Waals surface area contributed by atoms with Crippen LogP contribution in [0.25, 0.3) is 0 Å². The fourth-order valence-corrected chi connectivity index (χ4v) is 4.18. The van der Waals surface area contributed by atoms with Gasteiger partial charge in [-0.05, 0) is 58.7 Å². The van der Waals surface area contributed by atoms with Crippen molar-refractivity contribution in [2.75, 3.05) is 20.1 Å². The predicted octanol–water partition coefficient (Wildman–Crippen LogP) is 10.1. The summed E-state index contributed by atoms with van der Waals surface area (Å²) in [6.45, 7) is 6.61. The molecule has 0 aliphatic rings. The van der Waals surface area contributed by atoms with E-state index in [2.05, 4.69) is 31.3 Å². The van der Waals surface area contributed by atoms with E-state index in [9.17, 15) is 0 Å². The number of hydrogen-bond donors (Lipinski definition) is 2.